The van der Waals surface area contributed by atoms with Gasteiger partial charge in [-0.15, -0.1) is 0 Å². The van der Waals surface area contributed by atoms with Crippen molar-refractivity contribution in [3.8, 4) is 0 Å². The van der Waals surface area contributed by atoms with Crippen LogP contribution in [0.3, 0.4) is 0 Å². The Morgan fingerprint density at radius 1 is 0.629 bits per heavy atom. The molecule has 4 aromatic rings. The third-order valence-electron chi connectivity index (χ3n) is 7.45. The fourth-order valence-electron chi connectivity index (χ4n) is 5.68. The predicted molar refractivity (Wildman–Crippen MR) is 140 cm³/mol. The van der Waals surface area contributed by atoms with E-state index in [0.29, 0.717) is 7.25 Å². The van der Waals surface area contributed by atoms with Crippen LogP contribution in [0.1, 0.15) is 77.5 Å². The second-order valence-corrected chi connectivity index (χ2v) is 13.3. The molecule has 2 aliphatic rings. The predicted octanol–water partition coefficient (Wildman–Crippen LogP) is 8.59. The summed E-state index contributed by atoms with van der Waals surface area (Å²) in [4.78, 5) is 0. The van der Waals surface area contributed by atoms with Gasteiger partial charge in [-0.2, -0.15) is 0 Å². The first-order valence-corrected chi connectivity index (χ1v) is 15.5. The van der Waals surface area contributed by atoms with Crippen molar-refractivity contribution in [2.24, 2.45) is 0 Å². The topological polar surface area (TPSA) is 26.3 Å². The molecule has 0 saturated heterocycles. The van der Waals surface area contributed by atoms with Gasteiger partial charge in [-0.25, -0.2) is 0 Å². The minimum absolute atomic E-state index is 0.436. The summed E-state index contributed by atoms with van der Waals surface area (Å²) in [6.07, 6.45) is 6.95. The van der Waals surface area contributed by atoms with E-state index in [-0.39, 0.29) is 0 Å². The molecular weight excluding hydrogens is 508 g/mol. The number of hydrogen-bond donors (Lipinski definition) is 0. The van der Waals surface area contributed by atoms with Gasteiger partial charge < -0.3 is 0 Å². The van der Waals surface area contributed by atoms with Gasteiger partial charge in [-0.1, -0.05) is 0 Å². The summed E-state index contributed by atoms with van der Waals surface area (Å²) < 4.78 is 13.3. The van der Waals surface area contributed by atoms with Gasteiger partial charge in [0.2, 0.25) is 0 Å². The molecule has 2 unspecified atom stereocenters. The Bertz CT molecular complexity index is 1370. The van der Waals surface area contributed by atoms with E-state index in [0.717, 1.165) is 35.9 Å². The van der Waals surface area contributed by atoms with E-state index in [2.05, 4.69) is 86.7 Å². The van der Waals surface area contributed by atoms with Gasteiger partial charge in [0.05, 0.1) is 0 Å². The molecule has 0 bridgehead atoms. The quantitative estimate of drug-likeness (QED) is 0.246. The van der Waals surface area contributed by atoms with Crippen LogP contribution in [0.5, 0.6) is 0 Å². The summed E-state index contributed by atoms with van der Waals surface area (Å²) in [7, 11) is 0. The molecule has 0 fully saturated rings. The number of allylic oxidation sites excluding steroid dienone is 2. The average molecular weight is 538 g/mol. The minimum atomic E-state index is -1.10. The van der Waals surface area contributed by atoms with Crippen molar-refractivity contribution < 1.29 is 32.1 Å². The van der Waals surface area contributed by atoms with Crippen LogP contribution in [0.15, 0.2) is 69.5 Å². The zero-order valence-electron chi connectivity index (χ0n) is 20.8. The summed E-state index contributed by atoms with van der Waals surface area (Å²) in [5.74, 6) is 4.02. The van der Waals surface area contributed by atoms with Gasteiger partial charge in [0, 0.05) is 0 Å². The van der Waals surface area contributed by atoms with Crippen molar-refractivity contribution in [3.63, 3.8) is 0 Å². The summed E-state index contributed by atoms with van der Waals surface area (Å²) in [5.41, 5.74) is 11.4. The van der Waals surface area contributed by atoms with Crippen molar-refractivity contribution in [1.82, 2.24) is 0 Å². The fraction of sp³-hybridized carbons (Fsp3) is 0.250. The Kier molecular flexibility index (Phi) is 5.93. The van der Waals surface area contributed by atoms with E-state index < -0.39 is 23.2 Å². The molecule has 2 heterocycles. The van der Waals surface area contributed by atoms with E-state index in [4.69, 9.17) is 8.83 Å². The van der Waals surface area contributed by atoms with Gasteiger partial charge in [-0.05, 0) is 0 Å². The van der Waals surface area contributed by atoms with Crippen LogP contribution in [0.4, 0.5) is 0 Å². The molecule has 0 N–H and O–H groups in total. The third kappa shape index (κ3) is 3.89. The van der Waals surface area contributed by atoms with Crippen LogP contribution in [-0.2, 0) is 36.1 Å². The van der Waals surface area contributed by atoms with Gasteiger partial charge in [0.1, 0.15) is 0 Å². The fourth-order valence-corrected chi connectivity index (χ4v) is 10.6. The van der Waals surface area contributed by atoms with E-state index >= 15 is 0 Å². The molecule has 0 radical (unpaired) electrons. The number of furan rings is 2. The van der Waals surface area contributed by atoms with Crippen LogP contribution < -0.4 is 0 Å². The zero-order valence-corrected chi connectivity index (χ0v) is 23.3. The second kappa shape index (κ2) is 9.10. The first-order valence-electron chi connectivity index (χ1n) is 12.6. The van der Waals surface area contributed by atoms with Crippen LogP contribution in [0.25, 0.3) is 23.3 Å². The molecule has 0 spiro atoms. The molecule has 2 aromatic heterocycles. The Morgan fingerprint density at radius 2 is 1.09 bits per heavy atom. The molecule has 0 amide bonds. The third-order valence-corrected chi connectivity index (χ3v) is 12.1. The summed E-state index contributed by atoms with van der Waals surface area (Å²) >= 11 is -1.10. The van der Waals surface area contributed by atoms with Gasteiger partial charge in [0.25, 0.3) is 0 Å². The molecule has 2 aliphatic carbocycles. The van der Waals surface area contributed by atoms with Crippen LogP contribution in [0.2, 0.25) is 0 Å². The molecule has 3 heteroatoms. The maximum atomic E-state index is 6.21. The number of fused-ring (bicyclic) bond motifs is 2. The summed E-state index contributed by atoms with van der Waals surface area (Å²) in [6.45, 7) is 8.59. The normalized spacial score (nSPS) is 18.3. The number of aryl methyl sites for hydroxylation is 4. The average Bonchev–Trinajstić information content (AvgIpc) is 3.65. The van der Waals surface area contributed by atoms with Gasteiger partial charge in [-0.3, -0.25) is 0 Å². The number of hydrogen-bond acceptors (Lipinski definition) is 2. The van der Waals surface area contributed by atoms with Crippen molar-refractivity contribution in [3.05, 3.63) is 117 Å². The summed E-state index contributed by atoms with van der Waals surface area (Å²) in [5, 5.41) is 0. The van der Waals surface area contributed by atoms with E-state index in [9.17, 15) is 0 Å². The molecule has 0 aliphatic heterocycles. The van der Waals surface area contributed by atoms with E-state index in [1.165, 1.54) is 44.5 Å². The molecular formula is C32H30O2Zr. The molecule has 35 heavy (non-hydrogen) atoms. The van der Waals surface area contributed by atoms with Gasteiger partial charge in [0.15, 0.2) is 0 Å². The molecule has 174 valence electrons. The molecule has 0 saturated carbocycles. The first kappa shape index (κ1) is 22.8. The van der Waals surface area contributed by atoms with Crippen molar-refractivity contribution in [1.29, 1.82) is 0 Å². The Labute approximate surface area is 219 Å². The van der Waals surface area contributed by atoms with Crippen LogP contribution in [0, 0.1) is 13.8 Å². The summed E-state index contributed by atoms with van der Waals surface area (Å²) in [6, 6.07) is 22.3. The SMILES string of the molecule is CCc1cccc2c1C=C(c1ccc(C)o1)[CH]2[Zr][CH]1C(c2ccc(C)o2)=Cc2c(CC)cccc21. The van der Waals surface area contributed by atoms with Crippen molar-refractivity contribution >= 4 is 23.3 Å². The van der Waals surface area contributed by atoms with Crippen molar-refractivity contribution in [2.75, 3.05) is 0 Å². The van der Waals surface area contributed by atoms with Crippen molar-refractivity contribution in [2.45, 2.75) is 47.8 Å². The monoisotopic (exact) mass is 536 g/mol. The Hall–Kier alpha value is -2.64. The molecule has 6 rings (SSSR count). The molecule has 2 aromatic carbocycles. The Balaban J connectivity index is 1.48. The maximum absolute atomic E-state index is 6.21. The molecule has 2 atom stereocenters. The van der Waals surface area contributed by atoms with Gasteiger partial charge >= 0.3 is 220 Å². The first-order chi connectivity index (χ1) is 17.1. The second-order valence-electron chi connectivity index (χ2n) is 9.60. The molecule has 2 nitrogen and oxygen atoms in total. The van der Waals surface area contributed by atoms with Crippen LogP contribution >= 0.6 is 0 Å². The zero-order chi connectivity index (χ0) is 24.1. The van der Waals surface area contributed by atoms with Crippen LogP contribution in [-0.4, -0.2) is 0 Å². The number of rotatable bonds is 6. The van der Waals surface area contributed by atoms with E-state index in [1.807, 2.05) is 13.8 Å². The van der Waals surface area contributed by atoms with E-state index in [1.54, 1.807) is 0 Å². The number of benzene rings is 2. The Morgan fingerprint density at radius 3 is 1.46 bits per heavy atom. The standard InChI is InChI=1S/2C16H15O.Zr/c2*1-3-12-5-4-6-13-9-14(10-15(12)13)16-8-7-11(2)17-16;/h2*4-10H,3H2,1-2H3;.